The van der Waals surface area contributed by atoms with E-state index in [2.05, 4.69) is 0 Å². The molecule has 0 spiro atoms. The number of allylic oxidation sites excluding steroid dienone is 1. The number of rotatable bonds is 9. The average Bonchev–Trinajstić information content (AvgIpc) is 2.72. The summed E-state index contributed by atoms with van der Waals surface area (Å²) >= 11 is 0. The number of aliphatic hydroxyl groups excluding tert-OH is 1. The summed E-state index contributed by atoms with van der Waals surface area (Å²) in [7, 11) is 0. The summed E-state index contributed by atoms with van der Waals surface area (Å²) in [5, 5.41) is 17.3. The second-order valence-corrected chi connectivity index (χ2v) is 5.23. The Bertz CT molecular complexity index is 322. The van der Waals surface area contributed by atoms with Gasteiger partial charge in [-0.1, -0.05) is 31.4 Å². The molecule has 0 heterocycles. The number of carboxylic acid groups (broad SMARTS) is 1. The van der Waals surface area contributed by atoms with Gasteiger partial charge in [0.2, 0.25) is 0 Å². The van der Waals surface area contributed by atoms with Crippen LogP contribution in [0.4, 0.5) is 0 Å². The van der Waals surface area contributed by atoms with Crippen LogP contribution in [0.1, 0.15) is 51.4 Å². The van der Waals surface area contributed by atoms with Gasteiger partial charge in [0.1, 0.15) is 5.78 Å². The zero-order chi connectivity index (χ0) is 14.1. The summed E-state index contributed by atoms with van der Waals surface area (Å²) in [4.78, 5) is 22.1. The van der Waals surface area contributed by atoms with Gasteiger partial charge in [-0.2, -0.15) is 0 Å². The zero-order valence-electron chi connectivity index (χ0n) is 11.4. The number of hydrogen-bond acceptors (Lipinski definition) is 3. The maximum absolute atomic E-state index is 11.8. The van der Waals surface area contributed by atoms with Crippen LogP contribution in [0.15, 0.2) is 12.2 Å². The molecule has 0 unspecified atom stereocenters. The van der Waals surface area contributed by atoms with Gasteiger partial charge in [-0.25, -0.2) is 0 Å². The fourth-order valence-electron chi connectivity index (χ4n) is 2.77. The fraction of sp³-hybridized carbons (Fsp3) is 0.733. The lowest BCUT2D eigenvalue weighted by Crippen LogP contribution is -2.13. The van der Waals surface area contributed by atoms with Crippen molar-refractivity contribution in [2.24, 2.45) is 11.8 Å². The van der Waals surface area contributed by atoms with Crippen LogP contribution < -0.4 is 0 Å². The summed E-state index contributed by atoms with van der Waals surface area (Å²) in [6, 6.07) is 0. The van der Waals surface area contributed by atoms with Crippen molar-refractivity contribution in [3.05, 3.63) is 12.2 Å². The highest BCUT2D eigenvalue weighted by Gasteiger charge is 2.31. The molecule has 0 aliphatic heterocycles. The van der Waals surface area contributed by atoms with E-state index in [4.69, 9.17) is 10.2 Å². The van der Waals surface area contributed by atoms with Crippen molar-refractivity contribution in [1.29, 1.82) is 0 Å². The molecule has 0 amide bonds. The molecule has 0 aromatic rings. The van der Waals surface area contributed by atoms with Crippen molar-refractivity contribution in [2.45, 2.75) is 51.4 Å². The molecule has 4 heteroatoms. The summed E-state index contributed by atoms with van der Waals surface area (Å²) in [5.74, 6) is 0.0132. The highest BCUT2D eigenvalue weighted by atomic mass is 16.4. The second kappa shape index (κ2) is 8.86. The van der Waals surface area contributed by atoms with Gasteiger partial charge in [0.15, 0.2) is 0 Å². The van der Waals surface area contributed by atoms with E-state index in [0.29, 0.717) is 18.1 Å². The first-order chi connectivity index (χ1) is 9.15. The summed E-state index contributed by atoms with van der Waals surface area (Å²) in [6.07, 6.45) is 10.0. The molecule has 2 N–H and O–H groups in total. The quantitative estimate of drug-likeness (QED) is 0.498. The Labute approximate surface area is 114 Å². The standard InChI is InChI=1S/C15H24O4/c16-11-5-6-12-9-10-14(17)13(12)7-3-1-2-4-8-15(18)19/h5-6,12-13,16H,1-4,7-11H2,(H,18,19)/b6-5+/t12-,13+/m0/s1. The minimum atomic E-state index is -0.736. The van der Waals surface area contributed by atoms with E-state index in [-0.39, 0.29) is 18.9 Å². The summed E-state index contributed by atoms with van der Waals surface area (Å²) in [6.45, 7) is 0.0343. The Morgan fingerprint density at radius 1 is 1.26 bits per heavy atom. The second-order valence-electron chi connectivity index (χ2n) is 5.23. The minimum absolute atomic E-state index is 0.0343. The van der Waals surface area contributed by atoms with Gasteiger partial charge in [0, 0.05) is 18.8 Å². The van der Waals surface area contributed by atoms with Crippen LogP contribution in [-0.4, -0.2) is 28.6 Å². The molecule has 0 radical (unpaired) electrons. The minimum Gasteiger partial charge on any atom is -0.481 e. The van der Waals surface area contributed by atoms with E-state index >= 15 is 0 Å². The molecule has 4 nitrogen and oxygen atoms in total. The van der Waals surface area contributed by atoms with Gasteiger partial charge in [-0.3, -0.25) is 9.59 Å². The van der Waals surface area contributed by atoms with Crippen molar-refractivity contribution in [2.75, 3.05) is 6.61 Å². The molecule has 0 aromatic carbocycles. The number of aliphatic carboxylic acids is 1. The Hall–Kier alpha value is -1.16. The zero-order valence-corrected chi connectivity index (χ0v) is 11.4. The molecule has 1 aliphatic carbocycles. The third-order valence-electron chi connectivity index (χ3n) is 3.80. The number of carboxylic acids is 1. The SMILES string of the molecule is O=C(O)CCCCCC[C@H]1C(=O)CC[C@@H]1/C=C/CO. The Morgan fingerprint density at radius 3 is 2.68 bits per heavy atom. The monoisotopic (exact) mass is 268 g/mol. The maximum Gasteiger partial charge on any atom is 0.303 e. The molecule has 0 aromatic heterocycles. The first kappa shape index (κ1) is 15.9. The average molecular weight is 268 g/mol. The molecule has 1 fully saturated rings. The van der Waals surface area contributed by atoms with Gasteiger partial charge < -0.3 is 10.2 Å². The predicted octanol–water partition coefficient (Wildman–Crippen LogP) is 2.56. The number of unbranched alkanes of at least 4 members (excludes halogenated alkanes) is 3. The van der Waals surface area contributed by atoms with E-state index < -0.39 is 5.97 Å². The number of ketones is 1. The number of aliphatic hydroxyl groups is 1. The smallest absolute Gasteiger partial charge is 0.303 e. The lowest BCUT2D eigenvalue weighted by Gasteiger charge is -2.14. The molecule has 0 saturated heterocycles. The maximum atomic E-state index is 11.8. The van der Waals surface area contributed by atoms with E-state index in [9.17, 15) is 9.59 Å². The normalized spacial score (nSPS) is 23.3. The summed E-state index contributed by atoms with van der Waals surface area (Å²) in [5.41, 5.74) is 0. The third kappa shape index (κ3) is 6.01. The summed E-state index contributed by atoms with van der Waals surface area (Å²) < 4.78 is 0. The molecule has 1 saturated carbocycles. The number of hydrogen-bond donors (Lipinski definition) is 2. The van der Waals surface area contributed by atoms with Crippen LogP contribution >= 0.6 is 0 Å². The van der Waals surface area contributed by atoms with Gasteiger partial charge >= 0.3 is 5.97 Å². The van der Waals surface area contributed by atoms with Crippen LogP contribution in [0.5, 0.6) is 0 Å². The molecular weight excluding hydrogens is 244 g/mol. The molecule has 2 atom stereocenters. The van der Waals surface area contributed by atoms with Crippen molar-refractivity contribution < 1.29 is 19.8 Å². The Morgan fingerprint density at radius 2 is 2.00 bits per heavy atom. The van der Waals surface area contributed by atoms with Crippen molar-refractivity contribution >= 4 is 11.8 Å². The van der Waals surface area contributed by atoms with E-state index in [1.165, 1.54) is 0 Å². The number of carbonyl (C=O) groups is 2. The van der Waals surface area contributed by atoms with Crippen LogP contribution in [0.25, 0.3) is 0 Å². The largest absolute Gasteiger partial charge is 0.481 e. The predicted molar refractivity (Wildman–Crippen MR) is 72.8 cm³/mol. The van der Waals surface area contributed by atoms with Gasteiger partial charge in [-0.15, -0.1) is 0 Å². The van der Waals surface area contributed by atoms with Crippen molar-refractivity contribution in [3.8, 4) is 0 Å². The fourth-order valence-corrected chi connectivity index (χ4v) is 2.77. The van der Waals surface area contributed by atoms with Gasteiger partial charge in [-0.05, 0) is 25.2 Å². The first-order valence-electron chi connectivity index (χ1n) is 7.17. The van der Waals surface area contributed by atoms with Crippen molar-refractivity contribution in [3.63, 3.8) is 0 Å². The molecule has 0 bridgehead atoms. The topological polar surface area (TPSA) is 74.6 Å². The molecule has 19 heavy (non-hydrogen) atoms. The van der Waals surface area contributed by atoms with Crippen LogP contribution in [-0.2, 0) is 9.59 Å². The van der Waals surface area contributed by atoms with Crippen LogP contribution in [0, 0.1) is 11.8 Å². The Balaban J connectivity index is 2.20. The highest BCUT2D eigenvalue weighted by molar-refractivity contribution is 5.83. The van der Waals surface area contributed by atoms with Crippen LogP contribution in [0.3, 0.4) is 0 Å². The molecule has 1 rings (SSSR count). The molecule has 1 aliphatic rings. The van der Waals surface area contributed by atoms with Gasteiger partial charge in [0.05, 0.1) is 6.61 Å². The van der Waals surface area contributed by atoms with E-state index in [1.807, 2.05) is 6.08 Å². The van der Waals surface area contributed by atoms with Gasteiger partial charge in [0.25, 0.3) is 0 Å². The Kier molecular flexibility index (Phi) is 7.41. The number of Topliss-reactive ketones (excluding diaryl/α,β-unsaturated/α-hetero) is 1. The number of carbonyl (C=O) groups excluding carboxylic acids is 1. The molecule has 108 valence electrons. The van der Waals surface area contributed by atoms with Crippen molar-refractivity contribution in [1.82, 2.24) is 0 Å². The van der Waals surface area contributed by atoms with Crippen LogP contribution in [0.2, 0.25) is 0 Å². The molecular formula is C15H24O4. The lowest BCUT2D eigenvalue weighted by atomic mass is 9.89. The highest BCUT2D eigenvalue weighted by Crippen LogP contribution is 2.33. The van der Waals surface area contributed by atoms with E-state index in [0.717, 1.165) is 38.5 Å². The van der Waals surface area contributed by atoms with E-state index in [1.54, 1.807) is 6.08 Å². The third-order valence-corrected chi connectivity index (χ3v) is 3.80. The lowest BCUT2D eigenvalue weighted by molar-refractivity contribution is -0.137. The first-order valence-corrected chi connectivity index (χ1v) is 7.17.